The number of hydrogen-bond donors (Lipinski definition) is 1. The predicted molar refractivity (Wildman–Crippen MR) is 77.2 cm³/mol. The molecule has 1 saturated heterocycles. The average Bonchev–Trinajstić information content (AvgIpc) is 2.86. The Morgan fingerprint density at radius 1 is 1.21 bits per heavy atom. The van der Waals surface area contributed by atoms with Gasteiger partial charge in [-0.1, -0.05) is 6.07 Å². The third-order valence-corrected chi connectivity index (χ3v) is 4.25. The first-order valence-corrected chi connectivity index (χ1v) is 7.07. The lowest BCUT2D eigenvalue weighted by Gasteiger charge is -2.39. The van der Waals surface area contributed by atoms with Crippen molar-refractivity contribution in [2.24, 2.45) is 0 Å². The molecule has 0 unspecified atom stereocenters. The van der Waals surface area contributed by atoms with Crippen molar-refractivity contribution in [3.05, 3.63) is 36.0 Å². The van der Waals surface area contributed by atoms with E-state index in [1.165, 1.54) is 6.42 Å². The molecule has 19 heavy (non-hydrogen) atoms. The van der Waals surface area contributed by atoms with Crippen molar-refractivity contribution < 1.29 is 4.79 Å². The Balaban J connectivity index is 2.01. The number of rotatable bonds is 1. The normalized spacial score (nSPS) is 23.8. The number of benzene rings is 1. The van der Waals surface area contributed by atoms with Crippen LogP contribution in [0, 0.1) is 0 Å². The highest BCUT2D eigenvalue weighted by Gasteiger charge is 2.30. The second-order valence-electron chi connectivity index (χ2n) is 5.59. The SMILES string of the molecule is C[C@@H]1CCC[C@H](C)N1C(=O)c1cccc2[nH]ccc12. The van der Waals surface area contributed by atoms with Gasteiger partial charge in [-0.3, -0.25) is 4.79 Å². The van der Waals surface area contributed by atoms with Gasteiger partial charge in [-0.05, 0) is 51.3 Å². The van der Waals surface area contributed by atoms with E-state index >= 15 is 0 Å². The van der Waals surface area contributed by atoms with E-state index in [1.54, 1.807) is 0 Å². The zero-order valence-electron chi connectivity index (χ0n) is 11.5. The van der Waals surface area contributed by atoms with E-state index in [4.69, 9.17) is 0 Å². The Morgan fingerprint density at radius 3 is 2.68 bits per heavy atom. The number of carbonyl (C=O) groups excluding carboxylic acids is 1. The van der Waals surface area contributed by atoms with Gasteiger partial charge in [0.15, 0.2) is 0 Å². The Labute approximate surface area is 113 Å². The van der Waals surface area contributed by atoms with Crippen LogP contribution in [0.25, 0.3) is 10.9 Å². The van der Waals surface area contributed by atoms with Gasteiger partial charge in [0.1, 0.15) is 0 Å². The molecule has 0 bridgehead atoms. The standard InChI is InChI=1S/C16H20N2O/c1-11-5-3-6-12(2)18(11)16(19)14-7-4-8-15-13(14)9-10-17-15/h4,7-12,17H,3,5-6H2,1-2H3/t11-,12+. The Bertz CT molecular complexity index is 592. The van der Waals surface area contributed by atoms with Gasteiger partial charge in [-0.15, -0.1) is 0 Å². The molecule has 1 amide bonds. The number of hydrogen-bond acceptors (Lipinski definition) is 1. The Kier molecular flexibility index (Phi) is 3.05. The highest BCUT2D eigenvalue weighted by Crippen LogP contribution is 2.27. The largest absolute Gasteiger partial charge is 0.361 e. The smallest absolute Gasteiger partial charge is 0.255 e. The summed E-state index contributed by atoms with van der Waals surface area (Å²) in [7, 11) is 0. The van der Waals surface area contributed by atoms with Crippen molar-refractivity contribution in [1.29, 1.82) is 0 Å². The lowest BCUT2D eigenvalue weighted by atomic mass is 9.96. The monoisotopic (exact) mass is 256 g/mol. The maximum Gasteiger partial charge on any atom is 0.255 e. The molecule has 100 valence electrons. The van der Waals surface area contributed by atoms with E-state index in [-0.39, 0.29) is 5.91 Å². The highest BCUT2D eigenvalue weighted by molar-refractivity contribution is 6.06. The van der Waals surface area contributed by atoms with Gasteiger partial charge < -0.3 is 9.88 Å². The molecule has 0 aliphatic carbocycles. The van der Waals surface area contributed by atoms with Crippen molar-refractivity contribution in [2.75, 3.05) is 0 Å². The predicted octanol–water partition coefficient (Wildman–Crippen LogP) is 3.57. The Morgan fingerprint density at radius 2 is 1.95 bits per heavy atom. The number of nitrogens with zero attached hydrogens (tertiary/aromatic N) is 1. The van der Waals surface area contributed by atoms with Crippen molar-refractivity contribution >= 4 is 16.8 Å². The number of carbonyl (C=O) groups is 1. The molecule has 3 rings (SSSR count). The summed E-state index contributed by atoms with van der Waals surface area (Å²) in [5, 5.41) is 1.03. The van der Waals surface area contributed by atoms with E-state index in [2.05, 4.69) is 23.7 Å². The van der Waals surface area contributed by atoms with Crippen LogP contribution in [0.4, 0.5) is 0 Å². The molecule has 2 atom stereocenters. The lowest BCUT2D eigenvalue weighted by molar-refractivity contribution is 0.0513. The first-order chi connectivity index (χ1) is 9.18. The second kappa shape index (κ2) is 4.72. The lowest BCUT2D eigenvalue weighted by Crippen LogP contribution is -2.47. The zero-order chi connectivity index (χ0) is 13.4. The first kappa shape index (κ1) is 12.3. The zero-order valence-corrected chi connectivity index (χ0v) is 11.5. The van der Waals surface area contributed by atoms with E-state index in [0.717, 1.165) is 29.3 Å². The molecule has 1 aromatic carbocycles. The fourth-order valence-corrected chi connectivity index (χ4v) is 3.23. The minimum absolute atomic E-state index is 0.171. The molecule has 0 saturated carbocycles. The minimum atomic E-state index is 0.171. The molecule has 1 N–H and O–H groups in total. The molecular weight excluding hydrogens is 236 g/mol. The van der Waals surface area contributed by atoms with Crippen molar-refractivity contribution in [2.45, 2.75) is 45.2 Å². The number of H-pyrrole nitrogens is 1. The van der Waals surface area contributed by atoms with Crippen LogP contribution < -0.4 is 0 Å². The van der Waals surface area contributed by atoms with Crippen molar-refractivity contribution in [1.82, 2.24) is 9.88 Å². The maximum absolute atomic E-state index is 12.8. The number of piperidine rings is 1. The van der Waals surface area contributed by atoms with Crippen LogP contribution in [-0.4, -0.2) is 27.9 Å². The highest BCUT2D eigenvalue weighted by atomic mass is 16.2. The van der Waals surface area contributed by atoms with Crippen LogP contribution in [0.3, 0.4) is 0 Å². The number of likely N-dealkylation sites (tertiary alicyclic amines) is 1. The van der Waals surface area contributed by atoms with Crippen molar-refractivity contribution in [3.63, 3.8) is 0 Å². The molecule has 1 aliphatic heterocycles. The summed E-state index contributed by atoms with van der Waals surface area (Å²) in [6.45, 7) is 4.32. The molecule has 1 fully saturated rings. The van der Waals surface area contributed by atoms with Gasteiger partial charge in [-0.25, -0.2) is 0 Å². The molecule has 0 radical (unpaired) electrons. The fourth-order valence-electron chi connectivity index (χ4n) is 3.23. The number of amides is 1. The summed E-state index contributed by atoms with van der Waals surface area (Å²) < 4.78 is 0. The van der Waals surface area contributed by atoms with E-state index in [1.807, 2.05) is 30.5 Å². The van der Waals surface area contributed by atoms with Crippen LogP contribution in [0.2, 0.25) is 0 Å². The summed E-state index contributed by atoms with van der Waals surface area (Å²) in [6.07, 6.45) is 5.34. The Hall–Kier alpha value is -1.77. The molecule has 2 heterocycles. The van der Waals surface area contributed by atoms with Crippen LogP contribution >= 0.6 is 0 Å². The van der Waals surface area contributed by atoms with Crippen molar-refractivity contribution in [3.8, 4) is 0 Å². The first-order valence-electron chi connectivity index (χ1n) is 7.07. The van der Waals surface area contributed by atoms with Gasteiger partial charge in [0.05, 0.1) is 0 Å². The summed E-state index contributed by atoms with van der Waals surface area (Å²) in [5.41, 5.74) is 1.85. The summed E-state index contributed by atoms with van der Waals surface area (Å²) >= 11 is 0. The number of fused-ring (bicyclic) bond motifs is 1. The molecule has 3 heteroatoms. The van der Waals surface area contributed by atoms with E-state index in [9.17, 15) is 4.79 Å². The minimum Gasteiger partial charge on any atom is -0.361 e. The second-order valence-corrected chi connectivity index (χ2v) is 5.59. The maximum atomic E-state index is 12.8. The third-order valence-electron chi connectivity index (χ3n) is 4.25. The van der Waals surface area contributed by atoms with Gasteiger partial charge in [0.2, 0.25) is 0 Å². The molecule has 2 aromatic rings. The van der Waals surface area contributed by atoms with Gasteiger partial charge >= 0.3 is 0 Å². The van der Waals surface area contributed by atoms with E-state index in [0.29, 0.717) is 12.1 Å². The van der Waals surface area contributed by atoms with Crippen LogP contribution in [-0.2, 0) is 0 Å². The summed E-state index contributed by atoms with van der Waals surface area (Å²) in [4.78, 5) is 18.1. The molecule has 0 spiro atoms. The van der Waals surface area contributed by atoms with Crippen LogP contribution in [0.15, 0.2) is 30.5 Å². The molecule has 1 aromatic heterocycles. The van der Waals surface area contributed by atoms with Gasteiger partial charge in [0.25, 0.3) is 5.91 Å². The van der Waals surface area contributed by atoms with Crippen LogP contribution in [0.5, 0.6) is 0 Å². The molecule has 1 aliphatic rings. The van der Waals surface area contributed by atoms with Gasteiger partial charge in [0, 0.05) is 34.7 Å². The summed E-state index contributed by atoms with van der Waals surface area (Å²) in [5.74, 6) is 0.171. The molecule has 3 nitrogen and oxygen atoms in total. The van der Waals surface area contributed by atoms with Crippen LogP contribution in [0.1, 0.15) is 43.5 Å². The number of aromatic amines is 1. The van der Waals surface area contributed by atoms with Gasteiger partial charge in [-0.2, -0.15) is 0 Å². The summed E-state index contributed by atoms with van der Waals surface area (Å²) in [6, 6.07) is 8.56. The quantitative estimate of drug-likeness (QED) is 0.832. The average molecular weight is 256 g/mol. The molecular formula is C16H20N2O. The fraction of sp³-hybridized carbons (Fsp3) is 0.438. The third kappa shape index (κ3) is 2.03. The topological polar surface area (TPSA) is 36.1 Å². The number of nitrogens with one attached hydrogen (secondary N) is 1. The van der Waals surface area contributed by atoms with E-state index < -0.39 is 0 Å². The number of aromatic nitrogens is 1.